The minimum absolute atomic E-state index is 0.485. The Bertz CT molecular complexity index is 319. The van der Waals surface area contributed by atoms with Crippen LogP contribution in [0.25, 0.3) is 0 Å². The van der Waals surface area contributed by atoms with Gasteiger partial charge in [0, 0.05) is 18.4 Å². The van der Waals surface area contributed by atoms with Crippen LogP contribution >= 0.6 is 0 Å². The van der Waals surface area contributed by atoms with Gasteiger partial charge < -0.3 is 5.32 Å². The number of nitrogens with zero attached hydrogens (tertiary/aromatic N) is 1. The minimum atomic E-state index is 0.485. The average Bonchev–Trinajstić information content (AvgIpc) is 2.85. The van der Waals surface area contributed by atoms with Crippen molar-refractivity contribution in [2.75, 3.05) is 6.54 Å². The smallest absolute Gasteiger partial charge is 0.0369 e. The third-order valence-corrected chi connectivity index (χ3v) is 3.46. The Kier molecular flexibility index (Phi) is 2.79. The molecule has 1 saturated carbocycles. The van der Waals surface area contributed by atoms with Crippen LogP contribution in [0.5, 0.6) is 0 Å². The molecule has 2 nitrogen and oxygen atoms in total. The lowest BCUT2D eigenvalue weighted by Crippen LogP contribution is -2.24. The van der Waals surface area contributed by atoms with Gasteiger partial charge in [-0.25, -0.2) is 0 Å². The number of aromatic nitrogens is 1. The van der Waals surface area contributed by atoms with Gasteiger partial charge in [0.2, 0.25) is 0 Å². The lowest BCUT2D eigenvalue weighted by atomic mass is 9.98. The molecule has 1 fully saturated rings. The highest BCUT2D eigenvalue weighted by molar-refractivity contribution is 5.19. The van der Waals surface area contributed by atoms with Crippen molar-refractivity contribution in [2.45, 2.75) is 33.2 Å². The predicted octanol–water partition coefficient (Wildman–Crippen LogP) is 2.78. The van der Waals surface area contributed by atoms with E-state index in [1.54, 1.807) is 0 Å². The second-order valence-electron chi connectivity index (χ2n) is 5.12. The van der Waals surface area contributed by atoms with Crippen LogP contribution in [0.1, 0.15) is 38.8 Å². The summed E-state index contributed by atoms with van der Waals surface area (Å²) in [6.07, 6.45) is 5.14. The molecular weight excluding hydrogens is 184 g/mol. The summed E-state index contributed by atoms with van der Waals surface area (Å²) in [6, 6.07) is 4.68. The van der Waals surface area contributed by atoms with Gasteiger partial charge in [-0.15, -0.1) is 0 Å². The summed E-state index contributed by atoms with van der Waals surface area (Å²) in [5.74, 6) is 0.765. The molecule has 0 amide bonds. The summed E-state index contributed by atoms with van der Waals surface area (Å²) < 4.78 is 0. The molecule has 0 bridgehead atoms. The zero-order chi connectivity index (χ0) is 10.9. The van der Waals surface area contributed by atoms with Gasteiger partial charge in [0.05, 0.1) is 0 Å². The van der Waals surface area contributed by atoms with Crippen molar-refractivity contribution in [3.63, 3.8) is 0 Å². The van der Waals surface area contributed by atoms with E-state index in [1.165, 1.54) is 12.0 Å². The fourth-order valence-corrected chi connectivity index (χ4v) is 2.35. The van der Waals surface area contributed by atoms with E-state index in [2.05, 4.69) is 37.1 Å². The van der Waals surface area contributed by atoms with Gasteiger partial charge in [0.1, 0.15) is 0 Å². The Balaban J connectivity index is 2.15. The number of nitrogens with one attached hydrogen (secondary N) is 1. The Morgan fingerprint density at radius 2 is 2.33 bits per heavy atom. The van der Waals surface area contributed by atoms with E-state index in [9.17, 15) is 0 Å². The van der Waals surface area contributed by atoms with E-state index < -0.39 is 0 Å². The molecule has 82 valence electrons. The largest absolute Gasteiger partial charge is 0.310 e. The second kappa shape index (κ2) is 3.93. The highest BCUT2D eigenvalue weighted by Crippen LogP contribution is 2.57. The van der Waals surface area contributed by atoms with Crippen LogP contribution in [-0.2, 0) is 0 Å². The van der Waals surface area contributed by atoms with Gasteiger partial charge in [-0.3, -0.25) is 4.98 Å². The van der Waals surface area contributed by atoms with Crippen molar-refractivity contribution in [3.8, 4) is 0 Å². The molecule has 2 atom stereocenters. The molecule has 1 aromatic rings. The van der Waals surface area contributed by atoms with Gasteiger partial charge >= 0.3 is 0 Å². The second-order valence-corrected chi connectivity index (χ2v) is 5.12. The molecule has 0 spiro atoms. The zero-order valence-corrected chi connectivity index (χ0v) is 9.83. The third kappa shape index (κ3) is 2.20. The van der Waals surface area contributed by atoms with Crippen LogP contribution < -0.4 is 5.32 Å². The van der Waals surface area contributed by atoms with Gasteiger partial charge in [-0.2, -0.15) is 0 Å². The Morgan fingerprint density at radius 3 is 2.80 bits per heavy atom. The zero-order valence-electron chi connectivity index (χ0n) is 9.83. The number of rotatable bonds is 4. The van der Waals surface area contributed by atoms with Crippen LogP contribution in [-0.4, -0.2) is 11.5 Å². The first-order valence-corrected chi connectivity index (χ1v) is 5.78. The van der Waals surface area contributed by atoms with Gasteiger partial charge in [-0.1, -0.05) is 26.8 Å². The minimum Gasteiger partial charge on any atom is -0.310 e. The molecule has 2 unspecified atom stereocenters. The van der Waals surface area contributed by atoms with Crippen LogP contribution in [0.4, 0.5) is 0 Å². The highest BCUT2D eigenvalue weighted by atomic mass is 14.9. The Labute approximate surface area is 92.1 Å². The molecule has 1 N–H and O–H groups in total. The molecule has 2 rings (SSSR count). The number of hydrogen-bond donors (Lipinski definition) is 1. The summed E-state index contributed by atoms with van der Waals surface area (Å²) in [5.41, 5.74) is 1.83. The number of hydrogen-bond acceptors (Lipinski definition) is 2. The summed E-state index contributed by atoms with van der Waals surface area (Å²) in [6.45, 7) is 7.88. The Morgan fingerprint density at radius 1 is 1.60 bits per heavy atom. The first-order chi connectivity index (χ1) is 7.15. The van der Waals surface area contributed by atoms with Crippen molar-refractivity contribution in [1.82, 2.24) is 10.3 Å². The van der Waals surface area contributed by atoms with Crippen LogP contribution in [0, 0.1) is 11.3 Å². The third-order valence-electron chi connectivity index (χ3n) is 3.46. The van der Waals surface area contributed by atoms with Crippen LogP contribution in [0.15, 0.2) is 24.5 Å². The fourth-order valence-electron chi connectivity index (χ4n) is 2.35. The summed E-state index contributed by atoms with van der Waals surface area (Å²) in [4.78, 5) is 4.21. The Hall–Kier alpha value is -0.890. The molecule has 0 radical (unpaired) electrons. The maximum absolute atomic E-state index is 4.21. The topological polar surface area (TPSA) is 24.9 Å². The van der Waals surface area contributed by atoms with E-state index in [0.717, 1.165) is 12.5 Å². The fraction of sp³-hybridized carbons (Fsp3) is 0.615. The predicted molar refractivity (Wildman–Crippen MR) is 62.5 cm³/mol. The molecule has 1 aromatic heterocycles. The molecule has 0 aromatic carbocycles. The molecule has 1 heterocycles. The van der Waals surface area contributed by atoms with Gasteiger partial charge in [-0.05, 0) is 35.9 Å². The quantitative estimate of drug-likeness (QED) is 0.815. The van der Waals surface area contributed by atoms with Crippen molar-refractivity contribution in [1.29, 1.82) is 0 Å². The monoisotopic (exact) mass is 204 g/mol. The molecule has 1 aliphatic rings. The molecule has 2 heteroatoms. The van der Waals surface area contributed by atoms with Crippen LogP contribution in [0.2, 0.25) is 0 Å². The van der Waals surface area contributed by atoms with E-state index in [1.807, 2.05) is 18.5 Å². The van der Waals surface area contributed by atoms with Crippen molar-refractivity contribution < 1.29 is 0 Å². The molecule has 15 heavy (non-hydrogen) atoms. The molecular formula is C13H20N2. The molecule has 0 saturated heterocycles. The first-order valence-electron chi connectivity index (χ1n) is 5.78. The maximum Gasteiger partial charge on any atom is 0.0369 e. The lowest BCUT2D eigenvalue weighted by Gasteiger charge is -2.19. The van der Waals surface area contributed by atoms with Crippen LogP contribution in [0.3, 0.4) is 0 Å². The standard InChI is InChI=1S/C13H20N2/c1-4-15-12(11-8-13(11,2)3)10-6-5-7-14-9-10/h5-7,9,11-12,15H,4,8H2,1-3H3. The van der Waals surface area contributed by atoms with Crippen molar-refractivity contribution >= 4 is 0 Å². The van der Waals surface area contributed by atoms with E-state index in [-0.39, 0.29) is 0 Å². The summed E-state index contributed by atoms with van der Waals surface area (Å²) >= 11 is 0. The van der Waals surface area contributed by atoms with Gasteiger partial charge in [0.15, 0.2) is 0 Å². The first kappa shape index (κ1) is 10.6. The lowest BCUT2D eigenvalue weighted by molar-refractivity contribution is 0.423. The normalized spacial score (nSPS) is 24.9. The van der Waals surface area contributed by atoms with Crippen molar-refractivity contribution in [2.24, 2.45) is 11.3 Å². The maximum atomic E-state index is 4.21. The van der Waals surface area contributed by atoms with Gasteiger partial charge in [0.25, 0.3) is 0 Å². The van der Waals surface area contributed by atoms with E-state index in [0.29, 0.717) is 11.5 Å². The van der Waals surface area contributed by atoms with E-state index >= 15 is 0 Å². The highest BCUT2D eigenvalue weighted by Gasteiger charge is 2.50. The average molecular weight is 204 g/mol. The van der Waals surface area contributed by atoms with E-state index in [4.69, 9.17) is 0 Å². The number of pyridine rings is 1. The SMILES string of the molecule is CCNC(c1cccnc1)C1CC1(C)C. The van der Waals surface area contributed by atoms with Crippen molar-refractivity contribution in [3.05, 3.63) is 30.1 Å². The molecule has 0 aliphatic heterocycles. The summed E-state index contributed by atoms with van der Waals surface area (Å²) in [5, 5.41) is 3.58. The summed E-state index contributed by atoms with van der Waals surface area (Å²) in [7, 11) is 0. The molecule has 1 aliphatic carbocycles.